The van der Waals surface area contributed by atoms with Crippen molar-refractivity contribution in [2.75, 3.05) is 0 Å². The number of aromatic nitrogens is 1. The Labute approximate surface area is 140 Å². The van der Waals surface area contributed by atoms with Crippen LogP contribution >= 0.6 is 0 Å². The van der Waals surface area contributed by atoms with E-state index in [9.17, 15) is 9.59 Å². The first kappa shape index (κ1) is 18.0. The molecule has 0 bridgehead atoms. The molecule has 8 heteroatoms. The van der Waals surface area contributed by atoms with Crippen molar-refractivity contribution in [3.63, 3.8) is 0 Å². The van der Waals surface area contributed by atoms with Gasteiger partial charge in [0.2, 0.25) is 0 Å². The smallest absolute Gasteiger partial charge is 0.341 e. The maximum atomic E-state index is 12.3. The first-order valence-corrected chi connectivity index (χ1v) is 7.64. The quantitative estimate of drug-likeness (QED) is 0.320. The van der Waals surface area contributed by atoms with Crippen LogP contribution in [-0.4, -0.2) is 34.8 Å². The highest BCUT2D eigenvalue weighted by Crippen LogP contribution is 2.26. The summed E-state index contributed by atoms with van der Waals surface area (Å²) in [6.07, 6.45) is 1.43. The lowest BCUT2D eigenvalue weighted by atomic mass is 10.0. The Bertz CT molecular complexity index is 654. The van der Waals surface area contributed by atoms with Gasteiger partial charge in [-0.1, -0.05) is 0 Å². The molecule has 2 heterocycles. The van der Waals surface area contributed by atoms with E-state index in [0.717, 1.165) is 6.29 Å². The molecule has 2 atom stereocenters. The molecular weight excluding hydrogens is 312 g/mol. The normalized spacial score (nSPS) is 20.6. The van der Waals surface area contributed by atoms with Crippen molar-refractivity contribution >= 4 is 18.1 Å². The number of pyridine rings is 1. The summed E-state index contributed by atoms with van der Waals surface area (Å²) < 4.78 is 5.32. The molecule has 0 aliphatic carbocycles. The number of amidine groups is 1. The number of ether oxygens (including phenoxy) is 1. The van der Waals surface area contributed by atoms with Crippen LogP contribution in [0.1, 0.15) is 61.4 Å². The number of carbonyl (C=O) groups is 2. The number of nitrogens with two attached hydrogens (primary N) is 1. The zero-order valence-electron chi connectivity index (χ0n) is 14.0. The first-order chi connectivity index (χ1) is 11.2. The first-order valence-electron chi connectivity index (χ1n) is 7.64. The van der Waals surface area contributed by atoms with E-state index in [-0.39, 0.29) is 29.2 Å². The van der Waals surface area contributed by atoms with Gasteiger partial charge in [-0.05, 0) is 39.3 Å². The van der Waals surface area contributed by atoms with Gasteiger partial charge in [0.25, 0.3) is 0 Å². The van der Waals surface area contributed by atoms with Crippen molar-refractivity contribution in [1.82, 2.24) is 10.5 Å². The maximum absolute atomic E-state index is 12.3. The fourth-order valence-electron chi connectivity index (χ4n) is 2.34. The number of nitrogens with one attached hydrogen (secondary N) is 2. The van der Waals surface area contributed by atoms with Crippen LogP contribution in [0, 0.1) is 5.41 Å². The molecule has 1 fully saturated rings. The minimum Gasteiger partial charge on any atom is -0.456 e. The van der Waals surface area contributed by atoms with Crippen molar-refractivity contribution in [2.24, 2.45) is 5.73 Å². The molecule has 0 spiro atoms. The zero-order valence-corrected chi connectivity index (χ0v) is 14.0. The largest absolute Gasteiger partial charge is 0.456 e. The lowest BCUT2D eigenvalue weighted by Gasteiger charge is -2.20. The molecule has 1 aliphatic rings. The van der Waals surface area contributed by atoms with Crippen LogP contribution in [-0.2, 0) is 14.4 Å². The number of esters is 1. The molecule has 1 aliphatic heterocycles. The Morgan fingerprint density at radius 1 is 1.54 bits per heavy atom. The van der Waals surface area contributed by atoms with Gasteiger partial charge in [-0.2, -0.15) is 5.48 Å². The average molecular weight is 334 g/mol. The summed E-state index contributed by atoms with van der Waals surface area (Å²) in [7, 11) is 0. The number of hydroxylamine groups is 1. The van der Waals surface area contributed by atoms with Crippen LogP contribution in [0.2, 0.25) is 0 Å². The molecule has 1 aromatic heterocycles. The van der Waals surface area contributed by atoms with Gasteiger partial charge in [-0.3, -0.25) is 10.2 Å². The van der Waals surface area contributed by atoms with E-state index in [0.29, 0.717) is 18.5 Å². The minimum atomic E-state index is -0.660. The van der Waals surface area contributed by atoms with Crippen LogP contribution < -0.4 is 11.2 Å². The lowest BCUT2D eigenvalue weighted by Crippen LogP contribution is -2.27. The highest BCUT2D eigenvalue weighted by molar-refractivity contribution is 6.04. The molecule has 8 nitrogen and oxygen atoms in total. The van der Waals surface area contributed by atoms with Crippen LogP contribution in [0.4, 0.5) is 0 Å². The third-order valence-corrected chi connectivity index (χ3v) is 3.38. The second kappa shape index (κ2) is 7.06. The second-order valence-corrected chi connectivity index (χ2v) is 6.60. The van der Waals surface area contributed by atoms with E-state index in [1.165, 1.54) is 0 Å². The number of hydrogen-bond acceptors (Lipinski definition) is 7. The molecular formula is C16H22N4O4. The molecule has 1 saturated heterocycles. The van der Waals surface area contributed by atoms with Crippen molar-refractivity contribution < 1.29 is 19.2 Å². The summed E-state index contributed by atoms with van der Waals surface area (Å²) in [4.78, 5) is 32.4. The van der Waals surface area contributed by atoms with E-state index in [1.54, 1.807) is 32.9 Å². The molecule has 1 aromatic rings. The van der Waals surface area contributed by atoms with Crippen molar-refractivity contribution in [1.29, 1.82) is 5.41 Å². The lowest BCUT2D eigenvalue weighted by molar-refractivity contribution is -0.110. The van der Waals surface area contributed by atoms with Gasteiger partial charge in [-0.25, -0.2) is 9.78 Å². The second-order valence-electron chi connectivity index (χ2n) is 6.60. The Balaban J connectivity index is 2.26. The molecule has 0 unspecified atom stereocenters. The summed E-state index contributed by atoms with van der Waals surface area (Å²) in [6.45, 7) is 5.27. The average Bonchev–Trinajstić information content (AvgIpc) is 2.94. The van der Waals surface area contributed by atoms with Gasteiger partial charge in [0.15, 0.2) is 0 Å². The summed E-state index contributed by atoms with van der Waals surface area (Å²) in [5.74, 6) is -0.901. The number of aldehydes is 1. The van der Waals surface area contributed by atoms with Gasteiger partial charge in [0.1, 0.15) is 23.4 Å². The summed E-state index contributed by atoms with van der Waals surface area (Å²) in [6, 6.07) is 2.97. The van der Waals surface area contributed by atoms with E-state index in [1.807, 2.05) is 0 Å². The molecule has 130 valence electrons. The van der Waals surface area contributed by atoms with E-state index in [4.69, 9.17) is 20.7 Å². The maximum Gasteiger partial charge on any atom is 0.341 e. The number of rotatable bonds is 5. The van der Waals surface area contributed by atoms with Crippen LogP contribution in [0.5, 0.6) is 0 Å². The van der Waals surface area contributed by atoms with Crippen LogP contribution in [0.3, 0.4) is 0 Å². The minimum absolute atomic E-state index is 0.0717. The third kappa shape index (κ3) is 4.36. The van der Waals surface area contributed by atoms with Gasteiger partial charge in [-0.15, -0.1) is 0 Å². The Morgan fingerprint density at radius 2 is 2.25 bits per heavy atom. The number of nitrogen functional groups attached to an aromatic ring is 1. The Morgan fingerprint density at radius 3 is 2.83 bits per heavy atom. The fourth-order valence-corrected chi connectivity index (χ4v) is 2.34. The Kier molecular flexibility index (Phi) is 5.30. The van der Waals surface area contributed by atoms with E-state index in [2.05, 4.69) is 10.5 Å². The summed E-state index contributed by atoms with van der Waals surface area (Å²) >= 11 is 0. The molecule has 0 amide bonds. The van der Waals surface area contributed by atoms with Crippen LogP contribution in [0.15, 0.2) is 12.1 Å². The van der Waals surface area contributed by atoms with Gasteiger partial charge < -0.3 is 15.3 Å². The molecule has 0 aromatic carbocycles. The van der Waals surface area contributed by atoms with Gasteiger partial charge in [0.05, 0.1) is 23.4 Å². The topological polar surface area (TPSA) is 127 Å². The third-order valence-electron chi connectivity index (χ3n) is 3.38. The van der Waals surface area contributed by atoms with Crippen molar-refractivity contribution in [3.05, 3.63) is 29.1 Å². The highest BCUT2D eigenvalue weighted by Gasteiger charge is 2.29. The predicted molar refractivity (Wildman–Crippen MR) is 86.5 cm³/mol. The van der Waals surface area contributed by atoms with E-state index < -0.39 is 11.6 Å². The molecule has 0 saturated carbocycles. The zero-order chi connectivity index (χ0) is 17.9. The predicted octanol–water partition coefficient (Wildman–Crippen LogP) is 1.24. The molecule has 24 heavy (non-hydrogen) atoms. The molecule has 2 rings (SSSR count). The van der Waals surface area contributed by atoms with E-state index >= 15 is 0 Å². The Hall–Kier alpha value is -2.32. The number of carbonyl (C=O) groups excluding carboxylic acids is 2. The number of nitrogens with zero attached hydrogens (tertiary/aromatic N) is 1. The van der Waals surface area contributed by atoms with Crippen molar-refractivity contribution in [3.8, 4) is 0 Å². The highest BCUT2D eigenvalue weighted by atomic mass is 16.7. The van der Waals surface area contributed by atoms with Gasteiger partial charge in [0, 0.05) is 6.42 Å². The fraction of sp³-hybridized carbons (Fsp3) is 0.500. The summed E-state index contributed by atoms with van der Waals surface area (Å²) in [5, 5.41) is 7.68. The van der Waals surface area contributed by atoms with Crippen LogP contribution in [0.25, 0.3) is 0 Å². The molecule has 4 N–H and O–H groups in total. The van der Waals surface area contributed by atoms with Crippen molar-refractivity contribution in [2.45, 2.75) is 51.4 Å². The SMILES string of the molecule is CC(C)(C)OC(=O)c1ccc([C@@H]2C[C@H](CC=O)ON2)nc1C(=N)N. The standard InChI is InChI=1S/C16H22N4O4/c1-16(2,3)23-15(22)10-4-5-11(19-13(10)14(17)18)12-8-9(6-7-21)24-20-12/h4-5,7,9,12,20H,6,8H2,1-3H3,(H3,17,18)/t9-,12-/m0/s1. The number of hydrogen-bond donors (Lipinski definition) is 3. The molecule has 0 radical (unpaired) electrons. The van der Waals surface area contributed by atoms with Gasteiger partial charge >= 0.3 is 5.97 Å². The monoisotopic (exact) mass is 334 g/mol. The summed E-state index contributed by atoms with van der Waals surface area (Å²) in [5.41, 5.74) is 8.52.